The van der Waals surface area contributed by atoms with Gasteiger partial charge in [0.05, 0.1) is 0 Å². The summed E-state index contributed by atoms with van der Waals surface area (Å²) in [4.78, 5) is 1.07. The molecule has 1 nitrogen and oxygen atoms in total. The lowest BCUT2D eigenvalue weighted by molar-refractivity contribution is 0.480. The van der Waals surface area contributed by atoms with Crippen LogP contribution in [0.4, 0.5) is 10.1 Å². The Balaban J connectivity index is 0.000000980. The molecule has 14 heavy (non-hydrogen) atoms. The summed E-state index contributed by atoms with van der Waals surface area (Å²) in [7, 11) is 0. The van der Waals surface area contributed by atoms with Gasteiger partial charge in [-0.15, -0.1) is 24.2 Å². The van der Waals surface area contributed by atoms with E-state index in [0.717, 1.165) is 29.1 Å². The first-order chi connectivity index (χ1) is 6.35. The van der Waals surface area contributed by atoms with Crippen molar-refractivity contribution in [2.45, 2.75) is 18.0 Å². The van der Waals surface area contributed by atoms with E-state index in [1.165, 1.54) is 5.56 Å². The lowest BCUT2D eigenvalue weighted by Gasteiger charge is -2.07. The maximum atomic E-state index is 12.6. The minimum Gasteiger partial charge on any atom is -0.384 e. The minimum absolute atomic E-state index is 0. The molecule has 1 aliphatic heterocycles. The lowest BCUT2D eigenvalue weighted by atomic mass is 10.1. The van der Waals surface area contributed by atoms with Crippen LogP contribution in [0.3, 0.4) is 0 Å². The molecule has 4 heteroatoms. The van der Waals surface area contributed by atoms with Crippen LogP contribution in [0.25, 0.3) is 0 Å². The Kier molecular flexibility index (Phi) is 4.08. The van der Waals surface area contributed by atoms with Crippen LogP contribution in [-0.4, -0.2) is 12.8 Å². The van der Waals surface area contributed by atoms with Crippen molar-refractivity contribution in [1.82, 2.24) is 0 Å². The molecule has 0 bridgehead atoms. The van der Waals surface area contributed by atoms with Gasteiger partial charge < -0.3 is 5.32 Å². The molecule has 0 amide bonds. The molecule has 0 unspecified atom stereocenters. The molecule has 0 aliphatic carbocycles. The number of hydrogen-bond donors (Lipinski definition) is 1. The number of halogens is 2. The second-order valence-corrected chi connectivity index (χ2v) is 3.98. The van der Waals surface area contributed by atoms with E-state index in [1.54, 1.807) is 11.8 Å². The molecular weight excluding hydrogens is 221 g/mol. The molecule has 2 rings (SSSR count). The summed E-state index contributed by atoms with van der Waals surface area (Å²) >= 11 is 1.62. The Morgan fingerprint density at radius 1 is 1.50 bits per heavy atom. The van der Waals surface area contributed by atoms with Crippen molar-refractivity contribution >= 4 is 29.9 Å². The molecule has 0 spiro atoms. The highest BCUT2D eigenvalue weighted by Crippen LogP contribution is 2.31. The van der Waals surface area contributed by atoms with Crippen molar-refractivity contribution < 1.29 is 4.39 Å². The molecule has 0 radical (unpaired) electrons. The van der Waals surface area contributed by atoms with Gasteiger partial charge >= 0.3 is 0 Å². The minimum atomic E-state index is -0.370. The van der Waals surface area contributed by atoms with E-state index in [2.05, 4.69) is 11.4 Å². The second kappa shape index (κ2) is 4.89. The summed E-state index contributed by atoms with van der Waals surface area (Å²) in [6.45, 7) is 0.615. The summed E-state index contributed by atoms with van der Waals surface area (Å²) in [6, 6.07) is 4.04. The normalized spacial score (nSPS) is 13.0. The molecule has 1 heterocycles. The highest BCUT2D eigenvalue weighted by atomic mass is 35.5. The van der Waals surface area contributed by atoms with Gasteiger partial charge in [0.1, 0.15) is 6.67 Å². The van der Waals surface area contributed by atoms with Crippen LogP contribution >= 0.6 is 24.2 Å². The molecule has 0 aromatic heterocycles. The first-order valence-electron chi connectivity index (χ1n) is 4.34. The Morgan fingerprint density at radius 3 is 2.93 bits per heavy atom. The molecule has 1 aromatic carbocycles. The Labute approximate surface area is 93.9 Å². The summed E-state index contributed by atoms with van der Waals surface area (Å²) in [5, 5.41) is 3.25. The maximum Gasteiger partial charge on any atom is 0.116 e. The van der Waals surface area contributed by atoms with Crippen molar-refractivity contribution in [2.75, 3.05) is 18.1 Å². The molecule has 0 atom stereocenters. The first kappa shape index (κ1) is 11.7. The van der Waals surface area contributed by atoms with Gasteiger partial charge in [-0.3, -0.25) is 0 Å². The van der Waals surface area contributed by atoms with Crippen molar-refractivity contribution in [2.24, 2.45) is 0 Å². The fourth-order valence-electron chi connectivity index (χ4n) is 1.66. The third-order valence-corrected chi connectivity index (χ3v) is 3.18. The second-order valence-electron chi connectivity index (χ2n) is 3.13. The number of fused-ring (bicyclic) bond motifs is 1. The Morgan fingerprint density at radius 2 is 2.29 bits per heavy atom. The summed E-state index contributed by atoms with van der Waals surface area (Å²) < 4.78 is 12.6. The Hall–Kier alpha value is -0.410. The highest BCUT2D eigenvalue weighted by molar-refractivity contribution is 7.98. The van der Waals surface area contributed by atoms with Gasteiger partial charge in [0.25, 0.3) is 0 Å². The highest BCUT2D eigenvalue weighted by Gasteiger charge is 2.13. The molecule has 1 aliphatic rings. The number of benzene rings is 1. The van der Waals surface area contributed by atoms with Crippen LogP contribution in [0.1, 0.15) is 11.1 Å². The summed E-state index contributed by atoms with van der Waals surface area (Å²) in [6.07, 6.45) is 3.05. The summed E-state index contributed by atoms with van der Waals surface area (Å²) in [5.41, 5.74) is 3.24. The zero-order valence-electron chi connectivity index (χ0n) is 7.97. The van der Waals surface area contributed by atoms with E-state index < -0.39 is 0 Å². The van der Waals surface area contributed by atoms with E-state index in [1.807, 2.05) is 12.3 Å². The molecule has 78 valence electrons. The van der Waals surface area contributed by atoms with Crippen LogP contribution in [0, 0.1) is 0 Å². The van der Waals surface area contributed by atoms with Gasteiger partial charge in [-0.1, -0.05) is 0 Å². The maximum absolute atomic E-state index is 12.6. The number of thioether (sulfide) groups is 1. The molecule has 0 saturated heterocycles. The average molecular weight is 234 g/mol. The van der Waals surface area contributed by atoms with E-state index >= 15 is 0 Å². The van der Waals surface area contributed by atoms with E-state index in [0.29, 0.717) is 0 Å². The van der Waals surface area contributed by atoms with Crippen LogP contribution < -0.4 is 5.32 Å². The van der Waals surface area contributed by atoms with Crippen LogP contribution in [0.15, 0.2) is 17.0 Å². The molecule has 1 N–H and O–H groups in total. The van der Waals surface area contributed by atoms with Gasteiger partial charge in [-0.25, -0.2) is 4.39 Å². The zero-order valence-corrected chi connectivity index (χ0v) is 9.60. The van der Waals surface area contributed by atoms with Gasteiger partial charge in [0.2, 0.25) is 0 Å². The van der Waals surface area contributed by atoms with Gasteiger partial charge in [-0.05, 0) is 35.9 Å². The average Bonchev–Trinajstić information content (AvgIpc) is 2.62. The third-order valence-electron chi connectivity index (χ3n) is 2.36. The van der Waals surface area contributed by atoms with E-state index in [9.17, 15) is 4.39 Å². The predicted molar refractivity (Wildman–Crippen MR) is 62.5 cm³/mol. The van der Waals surface area contributed by atoms with Crippen LogP contribution in [-0.2, 0) is 13.1 Å². The van der Waals surface area contributed by atoms with Crippen molar-refractivity contribution in [3.63, 3.8) is 0 Å². The first-order valence-corrected chi connectivity index (χ1v) is 5.57. The fraction of sp³-hybridized carbons (Fsp3) is 0.400. The smallest absolute Gasteiger partial charge is 0.116 e. The largest absolute Gasteiger partial charge is 0.384 e. The number of rotatable bonds is 2. The summed E-state index contributed by atoms with van der Waals surface area (Å²) in [5.74, 6) is 0. The van der Waals surface area contributed by atoms with Crippen molar-refractivity contribution in [1.29, 1.82) is 0 Å². The van der Waals surface area contributed by atoms with Crippen molar-refractivity contribution in [3.05, 3.63) is 23.3 Å². The molecule has 0 saturated carbocycles. The van der Waals surface area contributed by atoms with Crippen LogP contribution in [0.5, 0.6) is 0 Å². The third kappa shape index (κ3) is 1.98. The Bertz CT molecular complexity index is 299. The zero-order chi connectivity index (χ0) is 9.26. The van der Waals surface area contributed by atoms with Gasteiger partial charge in [0.15, 0.2) is 0 Å². The van der Waals surface area contributed by atoms with E-state index in [-0.39, 0.29) is 19.1 Å². The predicted octanol–water partition coefficient (Wildman–Crippen LogP) is 3.27. The quantitative estimate of drug-likeness (QED) is 0.787. The molecule has 1 aromatic rings. The number of alkyl halides is 1. The van der Waals surface area contributed by atoms with E-state index in [4.69, 9.17) is 0 Å². The lowest BCUT2D eigenvalue weighted by Crippen LogP contribution is -1.92. The topological polar surface area (TPSA) is 12.0 Å². The van der Waals surface area contributed by atoms with Crippen molar-refractivity contribution in [3.8, 4) is 0 Å². The van der Waals surface area contributed by atoms with Gasteiger partial charge in [0, 0.05) is 17.1 Å². The number of anilines is 1. The molecular formula is C10H13ClFNS. The standard InChI is InChI=1S/C10H12FNS.ClH/c1-13-10-5-7-2-3-12-9(7)4-8(10)6-11;/h4-5,12H,2-3,6H2,1H3;1H. The monoisotopic (exact) mass is 233 g/mol. The number of nitrogens with one attached hydrogen (secondary N) is 1. The SMILES string of the molecule is CSc1cc2c(cc1CF)NCC2.Cl. The fourth-order valence-corrected chi connectivity index (χ4v) is 2.30. The van der Waals surface area contributed by atoms with Crippen LogP contribution in [0.2, 0.25) is 0 Å². The van der Waals surface area contributed by atoms with Gasteiger partial charge in [-0.2, -0.15) is 0 Å². The molecule has 0 fully saturated rings. The number of hydrogen-bond acceptors (Lipinski definition) is 2.